The SMILES string of the molecule is O=C(O)C1COCC(c2ccc(F)cc2)N1. The van der Waals surface area contributed by atoms with Gasteiger partial charge in [-0.05, 0) is 17.7 Å². The van der Waals surface area contributed by atoms with Crippen LogP contribution in [0.3, 0.4) is 0 Å². The molecule has 2 unspecified atom stereocenters. The van der Waals surface area contributed by atoms with E-state index >= 15 is 0 Å². The minimum Gasteiger partial charge on any atom is -0.480 e. The van der Waals surface area contributed by atoms with Gasteiger partial charge in [0.05, 0.1) is 19.3 Å². The molecule has 0 aliphatic carbocycles. The Labute approximate surface area is 92.0 Å². The Kier molecular flexibility index (Phi) is 3.17. The van der Waals surface area contributed by atoms with E-state index in [4.69, 9.17) is 9.84 Å². The van der Waals surface area contributed by atoms with Crippen molar-refractivity contribution in [2.24, 2.45) is 0 Å². The van der Waals surface area contributed by atoms with E-state index in [0.29, 0.717) is 6.61 Å². The summed E-state index contributed by atoms with van der Waals surface area (Å²) in [6.07, 6.45) is 0. The van der Waals surface area contributed by atoms with Gasteiger partial charge < -0.3 is 9.84 Å². The third-order valence-electron chi connectivity index (χ3n) is 2.54. The Bertz CT molecular complexity index is 379. The van der Waals surface area contributed by atoms with E-state index in [1.807, 2.05) is 0 Å². The predicted molar refractivity (Wildman–Crippen MR) is 54.5 cm³/mol. The Morgan fingerprint density at radius 1 is 1.38 bits per heavy atom. The maximum Gasteiger partial charge on any atom is 0.323 e. The number of carbonyl (C=O) groups is 1. The molecule has 0 aromatic heterocycles. The molecule has 1 saturated heterocycles. The minimum atomic E-state index is -0.938. The highest BCUT2D eigenvalue weighted by Gasteiger charge is 2.27. The van der Waals surface area contributed by atoms with Crippen LogP contribution in [0.25, 0.3) is 0 Å². The minimum absolute atomic E-state index is 0.160. The van der Waals surface area contributed by atoms with Crippen molar-refractivity contribution >= 4 is 5.97 Å². The highest BCUT2D eigenvalue weighted by Crippen LogP contribution is 2.18. The second-order valence-corrected chi connectivity index (χ2v) is 3.70. The molecule has 0 amide bonds. The Morgan fingerprint density at radius 3 is 2.69 bits per heavy atom. The van der Waals surface area contributed by atoms with E-state index < -0.39 is 12.0 Å². The molecule has 0 spiro atoms. The van der Waals surface area contributed by atoms with Crippen LogP contribution in [0.1, 0.15) is 11.6 Å². The van der Waals surface area contributed by atoms with Crippen LogP contribution in [0.4, 0.5) is 4.39 Å². The zero-order valence-electron chi connectivity index (χ0n) is 8.52. The summed E-state index contributed by atoms with van der Waals surface area (Å²) < 4.78 is 17.9. The van der Waals surface area contributed by atoms with Crippen LogP contribution in [0.2, 0.25) is 0 Å². The van der Waals surface area contributed by atoms with Gasteiger partial charge in [-0.25, -0.2) is 4.39 Å². The molecule has 0 saturated carbocycles. The first-order valence-electron chi connectivity index (χ1n) is 4.99. The summed E-state index contributed by atoms with van der Waals surface area (Å²) in [5.41, 5.74) is 0.826. The third-order valence-corrected chi connectivity index (χ3v) is 2.54. The van der Waals surface area contributed by atoms with Crippen LogP contribution in [0, 0.1) is 5.82 Å². The molecule has 1 aliphatic heterocycles. The van der Waals surface area contributed by atoms with Gasteiger partial charge in [-0.1, -0.05) is 12.1 Å². The molecule has 4 nitrogen and oxygen atoms in total. The predicted octanol–water partition coefficient (Wildman–Crippen LogP) is 0.940. The average Bonchev–Trinajstić information content (AvgIpc) is 2.30. The van der Waals surface area contributed by atoms with E-state index in [9.17, 15) is 9.18 Å². The summed E-state index contributed by atoms with van der Waals surface area (Å²) in [6.45, 7) is 0.558. The van der Waals surface area contributed by atoms with E-state index in [1.165, 1.54) is 12.1 Å². The maximum atomic E-state index is 12.7. The highest BCUT2D eigenvalue weighted by atomic mass is 19.1. The fourth-order valence-corrected chi connectivity index (χ4v) is 1.67. The van der Waals surface area contributed by atoms with Crippen molar-refractivity contribution < 1.29 is 19.0 Å². The first-order chi connectivity index (χ1) is 7.66. The van der Waals surface area contributed by atoms with Gasteiger partial charge in [0.25, 0.3) is 0 Å². The van der Waals surface area contributed by atoms with Gasteiger partial charge in [0.1, 0.15) is 11.9 Å². The number of morpholine rings is 1. The number of nitrogens with one attached hydrogen (secondary N) is 1. The number of aliphatic carboxylic acids is 1. The number of hydrogen-bond acceptors (Lipinski definition) is 3. The monoisotopic (exact) mass is 225 g/mol. The molecule has 5 heteroatoms. The number of benzene rings is 1. The van der Waals surface area contributed by atoms with Crippen molar-refractivity contribution in [3.63, 3.8) is 0 Å². The van der Waals surface area contributed by atoms with E-state index in [-0.39, 0.29) is 18.5 Å². The van der Waals surface area contributed by atoms with Gasteiger partial charge in [-0.15, -0.1) is 0 Å². The Morgan fingerprint density at radius 2 is 2.06 bits per heavy atom. The van der Waals surface area contributed by atoms with Crippen LogP contribution in [-0.2, 0) is 9.53 Å². The zero-order chi connectivity index (χ0) is 11.5. The molecule has 1 aromatic rings. The lowest BCUT2D eigenvalue weighted by atomic mass is 10.1. The first kappa shape index (κ1) is 11.0. The van der Waals surface area contributed by atoms with Crippen LogP contribution < -0.4 is 5.32 Å². The Hall–Kier alpha value is -1.46. The highest BCUT2D eigenvalue weighted by molar-refractivity contribution is 5.73. The van der Waals surface area contributed by atoms with Crippen molar-refractivity contribution in [1.82, 2.24) is 5.32 Å². The number of ether oxygens (including phenoxy) is 1. The fourth-order valence-electron chi connectivity index (χ4n) is 1.67. The lowest BCUT2D eigenvalue weighted by Crippen LogP contribution is -2.48. The second-order valence-electron chi connectivity index (χ2n) is 3.70. The van der Waals surface area contributed by atoms with Crippen molar-refractivity contribution in [3.8, 4) is 0 Å². The molecule has 1 heterocycles. The molecular formula is C11H12FNO3. The average molecular weight is 225 g/mol. The van der Waals surface area contributed by atoms with Gasteiger partial charge >= 0.3 is 5.97 Å². The van der Waals surface area contributed by atoms with Gasteiger partial charge in [0, 0.05) is 0 Å². The van der Waals surface area contributed by atoms with Crippen LogP contribution in [0.15, 0.2) is 24.3 Å². The molecule has 16 heavy (non-hydrogen) atoms. The van der Waals surface area contributed by atoms with Crippen LogP contribution in [0.5, 0.6) is 0 Å². The molecular weight excluding hydrogens is 213 g/mol. The molecule has 1 aromatic carbocycles. The summed E-state index contributed by atoms with van der Waals surface area (Å²) >= 11 is 0. The van der Waals surface area contributed by atoms with Gasteiger partial charge in [0.15, 0.2) is 0 Å². The molecule has 0 radical (unpaired) electrons. The number of hydrogen-bond donors (Lipinski definition) is 2. The van der Waals surface area contributed by atoms with Gasteiger partial charge in [-0.2, -0.15) is 0 Å². The lowest BCUT2D eigenvalue weighted by Gasteiger charge is -2.28. The number of carboxylic acid groups (broad SMARTS) is 1. The van der Waals surface area contributed by atoms with Crippen molar-refractivity contribution in [3.05, 3.63) is 35.6 Å². The largest absolute Gasteiger partial charge is 0.480 e. The quantitative estimate of drug-likeness (QED) is 0.786. The number of halogens is 1. The van der Waals surface area contributed by atoms with Crippen LogP contribution >= 0.6 is 0 Å². The Balaban J connectivity index is 2.09. The third kappa shape index (κ3) is 2.37. The van der Waals surface area contributed by atoms with Crippen molar-refractivity contribution in [2.75, 3.05) is 13.2 Å². The second kappa shape index (κ2) is 4.59. The molecule has 86 valence electrons. The number of carboxylic acids is 1. The fraction of sp³-hybridized carbons (Fsp3) is 0.364. The van der Waals surface area contributed by atoms with Crippen molar-refractivity contribution in [2.45, 2.75) is 12.1 Å². The maximum absolute atomic E-state index is 12.7. The normalized spacial score (nSPS) is 25.3. The van der Waals surface area contributed by atoms with Gasteiger partial charge in [0.2, 0.25) is 0 Å². The molecule has 1 fully saturated rings. The van der Waals surface area contributed by atoms with Crippen molar-refractivity contribution in [1.29, 1.82) is 0 Å². The summed E-state index contributed by atoms with van der Waals surface area (Å²) in [5, 5.41) is 11.8. The van der Waals surface area contributed by atoms with E-state index in [0.717, 1.165) is 5.56 Å². The lowest BCUT2D eigenvalue weighted by molar-refractivity contribution is -0.143. The van der Waals surface area contributed by atoms with Gasteiger partial charge in [-0.3, -0.25) is 10.1 Å². The molecule has 2 atom stereocenters. The summed E-state index contributed by atoms with van der Waals surface area (Å²) in [4.78, 5) is 10.8. The molecule has 2 N–H and O–H groups in total. The summed E-state index contributed by atoms with van der Waals surface area (Å²) in [7, 11) is 0. The van der Waals surface area contributed by atoms with Crippen LogP contribution in [-0.4, -0.2) is 30.3 Å². The number of rotatable bonds is 2. The molecule has 0 bridgehead atoms. The standard InChI is InChI=1S/C11H12FNO3/c12-8-3-1-7(2-4-8)9-5-16-6-10(13-9)11(14)15/h1-4,9-10,13H,5-6H2,(H,14,15). The topological polar surface area (TPSA) is 58.6 Å². The zero-order valence-corrected chi connectivity index (χ0v) is 8.52. The first-order valence-corrected chi connectivity index (χ1v) is 4.99. The summed E-state index contributed by atoms with van der Waals surface area (Å²) in [5.74, 6) is -1.25. The van der Waals surface area contributed by atoms with E-state index in [2.05, 4.69) is 5.32 Å². The van der Waals surface area contributed by atoms with E-state index in [1.54, 1.807) is 12.1 Å². The summed E-state index contributed by atoms with van der Waals surface area (Å²) in [6, 6.07) is 5.04. The molecule has 1 aliphatic rings. The molecule has 2 rings (SSSR count). The smallest absolute Gasteiger partial charge is 0.323 e.